The molecule has 0 atom stereocenters. The Balaban J connectivity index is 1.90. The highest BCUT2D eigenvalue weighted by molar-refractivity contribution is 8.00. The molecule has 3 nitrogen and oxygen atoms in total. The lowest BCUT2D eigenvalue weighted by molar-refractivity contribution is -0.113. The van der Waals surface area contributed by atoms with Crippen LogP contribution in [0.5, 0.6) is 5.75 Å². The number of hydrogen-bond acceptors (Lipinski definition) is 3. The van der Waals surface area contributed by atoms with Gasteiger partial charge in [0.2, 0.25) is 5.91 Å². The van der Waals surface area contributed by atoms with Crippen molar-refractivity contribution in [1.82, 2.24) is 0 Å². The first-order valence-corrected chi connectivity index (χ1v) is 6.91. The van der Waals surface area contributed by atoms with Gasteiger partial charge in [0.15, 0.2) is 0 Å². The molecule has 0 aliphatic rings. The highest BCUT2D eigenvalue weighted by atomic mass is 32.2. The first kappa shape index (κ1) is 13.5. The van der Waals surface area contributed by atoms with E-state index >= 15 is 0 Å². The molecule has 2 N–H and O–H groups in total. The summed E-state index contributed by atoms with van der Waals surface area (Å²) in [5, 5.41) is 12.4. The van der Waals surface area contributed by atoms with Gasteiger partial charge < -0.3 is 10.4 Å². The van der Waals surface area contributed by atoms with Crippen molar-refractivity contribution in [2.24, 2.45) is 0 Å². The monoisotopic (exact) mass is 273 g/mol. The number of phenolic OH excluding ortho intramolecular Hbond substituents is 1. The van der Waals surface area contributed by atoms with Crippen molar-refractivity contribution in [2.45, 2.75) is 11.8 Å². The van der Waals surface area contributed by atoms with E-state index in [-0.39, 0.29) is 17.4 Å². The number of para-hydroxylation sites is 1. The Morgan fingerprint density at radius 2 is 2.00 bits per heavy atom. The summed E-state index contributed by atoms with van der Waals surface area (Å²) < 4.78 is 0. The molecule has 0 bridgehead atoms. The van der Waals surface area contributed by atoms with Crippen LogP contribution in [0.4, 0.5) is 5.69 Å². The van der Waals surface area contributed by atoms with Crippen LogP contribution in [0.25, 0.3) is 0 Å². The van der Waals surface area contributed by atoms with E-state index in [1.807, 2.05) is 37.3 Å². The van der Waals surface area contributed by atoms with E-state index in [4.69, 9.17) is 0 Å². The fourth-order valence-electron chi connectivity index (χ4n) is 1.64. The largest absolute Gasteiger partial charge is 0.507 e. The SMILES string of the molecule is Cc1cccc(NC(=O)CSc2ccccc2O)c1. The van der Waals surface area contributed by atoms with Gasteiger partial charge in [0.25, 0.3) is 0 Å². The maximum absolute atomic E-state index is 11.8. The van der Waals surface area contributed by atoms with Crippen molar-refractivity contribution in [3.05, 3.63) is 54.1 Å². The molecule has 98 valence electrons. The van der Waals surface area contributed by atoms with E-state index < -0.39 is 0 Å². The van der Waals surface area contributed by atoms with Crippen LogP contribution in [0.1, 0.15) is 5.56 Å². The Labute approximate surface area is 116 Å². The second-order valence-electron chi connectivity index (χ2n) is 4.17. The van der Waals surface area contributed by atoms with Gasteiger partial charge in [-0.1, -0.05) is 24.3 Å². The highest BCUT2D eigenvalue weighted by Gasteiger charge is 2.06. The van der Waals surface area contributed by atoms with E-state index in [0.29, 0.717) is 4.90 Å². The summed E-state index contributed by atoms with van der Waals surface area (Å²) in [6.07, 6.45) is 0. The van der Waals surface area contributed by atoms with Gasteiger partial charge >= 0.3 is 0 Å². The Kier molecular flexibility index (Phi) is 4.47. The second-order valence-corrected chi connectivity index (χ2v) is 5.19. The van der Waals surface area contributed by atoms with E-state index in [1.165, 1.54) is 11.8 Å². The van der Waals surface area contributed by atoms with Crippen LogP contribution in [0, 0.1) is 6.92 Å². The maximum atomic E-state index is 11.8. The molecule has 0 saturated heterocycles. The number of benzene rings is 2. The molecule has 2 aromatic rings. The van der Waals surface area contributed by atoms with E-state index in [2.05, 4.69) is 5.32 Å². The Hall–Kier alpha value is -1.94. The van der Waals surface area contributed by atoms with Crippen molar-refractivity contribution >= 4 is 23.4 Å². The standard InChI is InChI=1S/C15H15NO2S/c1-11-5-4-6-12(9-11)16-15(18)10-19-14-8-3-2-7-13(14)17/h2-9,17H,10H2,1H3,(H,16,18). The highest BCUT2D eigenvalue weighted by Crippen LogP contribution is 2.27. The molecule has 1 amide bonds. The number of amides is 1. The molecule has 2 aromatic carbocycles. The first-order chi connectivity index (χ1) is 9.15. The van der Waals surface area contributed by atoms with Crippen LogP contribution in [-0.4, -0.2) is 16.8 Å². The quantitative estimate of drug-likeness (QED) is 0.839. The predicted molar refractivity (Wildman–Crippen MR) is 78.6 cm³/mol. The van der Waals surface area contributed by atoms with Crippen LogP contribution >= 0.6 is 11.8 Å². The van der Waals surface area contributed by atoms with Gasteiger partial charge in [-0.15, -0.1) is 11.8 Å². The van der Waals surface area contributed by atoms with Gasteiger partial charge in [0.1, 0.15) is 5.75 Å². The van der Waals surface area contributed by atoms with E-state index in [0.717, 1.165) is 11.3 Å². The summed E-state index contributed by atoms with van der Waals surface area (Å²) in [4.78, 5) is 12.5. The third-order valence-corrected chi connectivity index (χ3v) is 3.59. The summed E-state index contributed by atoms with van der Waals surface area (Å²) in [5.41, 5.74) is 1.90. The maximum Gasteiger partial charge on any atom is 0.234 e. The summed E-state index contributed by atoms with van der Waals surface area (Å²) in [6, 6.07) is 14.7. The minimum absolute atomic E-state index is 0.0844. The van der Waals surface area contributed by atoms with Crippen molar-refractivity contribution < 1.29 is 9.90 Å². The average Bonchev–Trinajstić information content (AvgIpc) is 2.38. The first-order valence-electron chi connectivity index (χ1n) is 5.92. The molecule has 0 aliphatic heterocycles. The number of rotatable bonds is 4. The number of phenols is 1. The van der Waals surface area contributed by atoms with Gasteiger partial charge in [0, 0.05) is 10.6 Å². The molecule has 0 saturated carbocycles. The van der Waals surface area contributed by atoms with Crippen LogP contribution in [-0.2, 0) is 4.79 Å². The number of aromatic hydroxyl groups is 1. The number of anilines is 1. The molecule has 0 aromatic heterocycles. The lowest BCUT2D eigenvalue weighted by Gasteiger charge is -2.06. The normalized spacial score (nSPS) is 10.2. The van der Waals surface area contributed by atoms with Gasteiger partial charge in [-0.05, 0) is 36.8 Å². The van der Waals surface area contributed by atoms with Crippen molar-refractivity contribution in [3.63, 3.8) is 0 Å². The smallest absolute Gasteiger partial charge is 0.234 e. The topological polar surface area (TPSA) is 49.3 Å². The zero-order valence-corrected chi connectivity index (χ0v) is 11.4. The molecule has 0 aliphatic carbocycles. The number of aryl methyl sites for hydroxylation is 1. The zero-order valence-electron chi connectivity index (χ0n) is 10.6. The fraction of sp³-hybridized carbons (Fsp3) is 0.133. The molecular formula is C15H15NO2S. The van der Waals surface area contributed by atoms with Crippen LogP contribution < -0.4 is 5.32 Å². The molecule has 0 radical (unpaired) electrons. The molecule has 0 unspecified atom stereocenters. The molecular weight excluding hydrogens is 258 g/mol. The summed E-state index contributed by atoms with van der Waals surface area (Å²) in [7, 11) is 0. The van der Waals surface area contributed by atoms with Crippen LogP contribution in [0.2, 0.25) is 0 Å². The third-order valence-electron chi connectivity index (χ3n) is 2.53. The van der Waals surface area contributed by atoms with Crippen LogP contribution in [0.3, 0.4) is 0 Å². The Bertz CT molecular complexity index is 584. The van der Waals surface area contributed by atoms with Crippen molar-refractivity contribution in [2.75, 3.05) is 11.1 Å². The zero-order chi connectivity index (χ0) is 13.7. The molecule has 0 heterocycles. The summed E-state index contributed by atoms with van der Waals surface area (Å²) in [5.74, 6) is 0.389. The van der Waals surface area contributed by atoms with Gasteiger partial charge in [-0.2, -0.15) is 0 Å². The number of hydrogen-bond donors (Lipinski definition) is 2. The molecule has 2 rings (SSSR count). The number of thioether (sulfide) groups is 1. The lowest BCUT2D eigenvalue weighted by Crippen LogP contribution is -2.13. The number of carbonyl (C=O) groups is 1. The average molecular weight is 273 g/mol. The van der Waals surface area contributed by atoms with E-state index in [9.17, 15) is 9.90 Å². The summed E-state index contributed by atoms with van der Waals surface area (Å²) >= 11 is 1.32. The number of nitrogens with one attached hydrogen (secondary N) is 1. The van der Waals surface area contributed by atoms with Crippen molar-refractivity contribution in [1.29, 1.82) is 0 Å². The van der Waals surface area contributed by atoms with Crippen LogP contribution in [0.15, 0.2) is 53.4 Å². The van der Waals surface area contributed by atoms with Gasteiger partial charge in [-0.25, -0.2) is 0 Å². The minimum atomic E-state index is -0.0844. The second kappa shape index (κ2) is 6.29. The molecule has 19 heavy (non-hydrogen) atoms. The molecule has 0 spiro atoms. The third kappa shape index (κ3) is 4.03. The minimum Gasteiger partial charge on any atom is -0.507 e. The van der Waals surface area contributed by atoms with Gasteiger partial charge in [0.05, 0.1) is 5.75 Å². The Morgan fingerprint density at radius 3 is 2.74 bits per heavy atom. The predicted octanol–water partition coefficient (Wildman–Crippen LogP) is 3.43. The fourth-order valence-corrected chi connectivity index (χ4v) is 2.39. The van der Waals surface area contributed by atoms with E-state index in [1.54, 1.807) is 18.2 Å². The number of carbonyl (C=O) groups excluding carboxylic acids is 1. The molecule has 0 fully saturated rings. The Morgan fingerprint density at radius 1 is 1.21 bits per heavy atom. The lowest BCUT2D eigenvalue weighted by atomic mass is 10.2. The summed E-state index contributed by atoms with van der Waals surface area (Å²) in [6.45, 7) is 1.98. The molecule has 4 heteroatoms. The van der Waals surface area contributed by atoms with Crippen molar-refractivity contribution in [3.8, 4) is 5.75 Å². The van der Waals surface area contributed by atoms with Gasteiger partial charge in [-0.3, -0.25) is 4.79 Å².